The maximum atomic E-state index is 13.0. The first-order valence-corrected chi connectivity index (χ1v) is 10.8. The van der Waals surface area contributed by atoms with Crippen LogP contribution in [0.2, 0.25) is 0 Å². The highest BCUT2D eigenvalue weighted by Gasteiger charge is 2.27. The summed E-state index contributed by atoms with van der Waals surface area (Å²) in [6, 6.07) is 7.26. The summed E-state index contributed by atoms with van der Waals surface area (Å²) in [5, 5.41) is 14.5. The summed E-state index contributed by atoms with van der Waals surface area (Å²) in [6.07, 6.45) is 4.86. The molecule has 2 aliphatic rings. The predicted octanol–water partition coefficient (Wildman–Crippen LogP) is 2.86. The highest BCUT2D eigenvalue weighted by Crippen LogP contribution is 2.28. The lowest BCUT2D eigenvalue weighted by molar-refractivity contribution is 0.188. The molecule has 30 heavy (non-hydrogen) atoms. The van der Waals surface area contributed by atoms with Crippen LogP contribution in [0.3, 0.4) is 0 Å². The van der Waals surface area contributed by atoms with E-state index in [2.05, 4.69) is 10.1 Å². The van der Waals surface area contributed by atoms with Crippen molar-refractivity contribution in [3.63, 3.8) is 0 Å². The number of para-hydroxylation sites is 1. The number of aromatic hydroxyl groups is 1. The largest absolute Gasteiger partial charge is 0.507 e. The van der Waals surface area contributed by atoms with Crippen molar-refractivity contribution in [3.05, 3.63) is 57.3 Å². The lowest BCUT2D eigenvalue weighted by atomic mass is 9.87. The highest BCUT2D eigenvalue weighted by atomic mass is 16.6. The summed E-state index contributed by atoms with van der Waals surface area (Å²) >= 11 is 0. The summed E-state index contributed by atoms with van der Waals surface area (Å²) in [5.74, 6) is 1.37. The number of piperidine rings is 1. The van der Waals surface area contributed by atoms with Gasteiger partial charge in [-0.1, -0.05) is 17.3 Å². The number of likely N-dealkylation sites (tertiary alicyclic amines) is 1. The molecule has 0 bridgehead atoms. The summed E-state index contributed by atoms with van der Waals surface area (Å²) in [5.41, 5.74) is 3.35. The molecule has 160 valence electrons. The van der Waals surface area contributed by atoms with E-state index in [9.17, 15) is 9.90 Å². The average molecular weight is 411 g/mol. The van der Waals surface area contributed by atoms with Gasteiger partial charge in [0.1, 0.15) is 18.7 Å². The minimum absolute atomic E-state index is 0.134. The Morgan fingerprint density at radius 1 is 1.23 bits per heavy atom. The Labute approximate surface area is 177 Å². The fraction of sp³-hybridized carbons (Fsp3) is 0.522. The number of aromatic nitrogens is 2. The molecule has 0 atom stereocenters. The van der Waals surface area contributed by atoms with Gasteiger partial charge < -0.3 is 9.94 Å². The van der Waals surface area contributed by atoms with Crippen LogP contribution in [0, 0.1) is 12.8 Å². The van der Waals surface area contributed by atoms with E-state index in [1.165, 1.54) is 7.11 Å². The zero-order chi connectivity index (χ0) is 21.1. The van der Waals surface area contributed by atoms with Crippen molar-refractivity contribution >= 4 is 5.71 Å². The summed E-state index contributed by atoms with van der Waals surface area (Å²) in [6.45, 7) is 5.11. The zero-order valence-corrected chi connectivity index (χ0v) is 17.8. The lowest BCUT2D eigenvalue weighted by Gasteiger charge is -2.32. The van der Waals surface area contributed by atoms with Gasteiger partial charge in [-0.05, 0) is 57.8 Å². The Kier molecular flexibility index (Phi) is 6.18. The first kappa shape index (κ1) is 20.6. The lowest BCUT2D eigenvalue weighted by Crippen LogP contribution is -2.39. The quantitative estimate of drug-likeness (QED) is 0.606. The van der Waals surface area contributed by atoms with E-state index in [4.69, 9.17) is 9.82 Å². The van der Waals surface area contributed by atoms with Gasteiger partial charge in [0.25, 0.3) is 5.56 Å². The van der Waals surface area contributed by atoms with Crippen LogP contribution < -0.4 is 5.56 Å². The van der Waals surface area contributed by atoms with Crippen molar-refractivity contribution < 1.29 is 9.94 Å². The van der Waals surface area contributed by atoms with Gasteiger partial charge in [0, 0.05) is 36.7 Å². The van der Waals surface area contributed by atoms with Gasteiger partial charge in [0.15, 0.2) is 0 Å². The predicted molar refractivity (Wildman–Crippen MR) is 116 cm³/mol. The van der Waals surface area contributed by atoms with Crippen molar-refractivity contribution in [1.82, 2.24) is 14.5 Å². The number of hydrogen-bond donors (Lipinski definition) is 1. The van der Waals surface area contributed by atoms with Crippen LogP contribution in [-0.4, -0.2) is 45.5 Å². The van der Waals surface area contributed by atoms with Gasteiger partial charge in [-0.3, -0.25) is 14.3 Å². The first-order valence-electron chi connectivity index (χ1n) is 10.8. The first-order chi connectivity index (χ1) is 14.6. The van der Waals surface area contributed by atoms with Gasteiger partial charge in [-0.15, -0.1) is 0 Å². The SMILES string of the molecule is CO/N=C(/c1ccccc1O)C1CCN(Cc2c(C)nc3n(c2=O)CCCC3)CC1. The van der Waals surface area contributed by atoms with E-state index < -0.39 is 0 Å². The molecule has 0 amide bonds. The Morgan fingerprint density at radius 3 is 2.73 bits per heavy atom. The highest BCUT2D eigenvalue weighted by molar-refractivity contribution is 6.04. The monoisotopic (exact) mass is 410 g/mol. The van der Waals surface area contributed by atoms with Crippen LogP contribution in [0.1, 0.15) is 48.3 Å². The van der Waals surface area contributed by atoms with Gasteiger partial charge in [0.2, 0.25) is 0 Å². The number of fused-ring (bicyclic) bond motifs is 1. The molecule has 0 spiro atoms. The molecule has 1 fully saturated rings. The molecular formula is C23H30N4O3. The molecule has 2 aliphatic heterocycles. The maximum Gasteiger partial charge on any atom is 0.258 e. The molecule has 1 saturated heterocycles. The second-order valence-corrected chi connectivity index (χ2v) is 8.23. The van der Waals surface area contributed by atoms with Crippen LogP contribution in [-0.2, 0) is 24.3 Å². The Hall–Kier alpha value is -2.67. The zero-order valence-electron chi connectivity index (χ0n) is 17.8. The van der Waals surface area contributed by atoms with E-state index in [-0.39, 0.29) is 17.2 Å². The molecule has 0 aliphatic carbocycles. The number of hydrogen-bond acceptors (Lipinski definition) is 6. The molecule has 1 aromatic carbocycles. The van der Waals surface area contributed by atoms with E-state index in [0.717, 1.165) is 80.1 Å². The number of phenolic OH excluding ortho intramolecular Hbond substituents is 1. The minimum atomic E-state index is 0.134. The van der Waals surface area contributed by atoms with E-state index in [0.29, 0.717) is 6.54 Å². The number of nitrogens with zero attached hydrogens (tertiary/aromatic N) is 4. The third-order valence-corrected chi connectivity index (χ3v) is 6.31. The van der Waals surface area contributed by atoms with Crippen LogP contribution in [0.15, 0.2) is 34.2 Å². The minimum Gasteiger partial charge on any atom is -0.507 e. The van der Waals surface area contributed by atoms with Gasteiger partial charge in [0.05, 0.1) is 11.3 Å². The average Bonchev–Trinajstić information content (AvgIpc) is 2.76. The molecule has 0 saturated carbocycles. The number of aryl methyl sites for hydroxylation is 2. The fourth-order valence-corrected chi connectivity index (χ4v) is 4.63. The molecule has 7 heteroatoms. The molecule has 3 heterocycles. The molecule has 0 radical (unpaired) electrons. The Morgan fingerprint density at radius 2 is 2.00 bits per heavy atom. The molecule has 2 aromatic rings. The van der Waals surface area contributed by atoms with Crippen molar-refractivity contribution in [2.75, 3.05) is 20.2 Å². The molecule has 0 unspecified atom stereocenters. The van der Waals surface area contributed by atoms with Gasteiger partial charge >= 0.3 is 0 Å². The summed E-state index contributed by atoms with van der Waals surface area (Å²) < 4.78 is 1.88. The van der Waals surface area contributed by atoms with Crippen LogP contribution in [0.4, 0.5) is 0 Å². The van der Waals surface area contributed by atoms with Gasteiger partial charge in [-0.25, -0.2) is 4.98 Å². The smallest absolute Gasteiger partial charge is 0.258 e. The second-order valence-electron chi connectivity index (χ2n) is 8.23. The number of phenols is 1. The van der Waals surface area contributed by atoms with Crippen molar-refractivity contribution in [1.29, 1.82) is 0 Å². The third-order valence-electron chi connectivity index (χ3n) is 6.31. The topological polar surface area (TPSA) is 80.0 Å². The maximum absolute atomic E-state index is 13.0. The van der Waals surface area contributed by atoms with Crippen LogP contribution >= 0.6 is 0 Å². The number of benzene rings is 1. The van der Waals surface area contributed by atoms with Crippen LogP contribution in [0.25, 0.3) is 0 Å². The Bertz CT molecular complexity index is 990. The normalized spacial score (nSPS) is 18.3. The second kappa shape index (κ2) is 9.00. The molecule has 1 N–H and O–H groups in total. The summed E-state index contributed by atoms with van der Waals surface area (Å²) in [7, 11) is 1.54. The number of rotatable bonds is 5. The van der Waals surface area contributed by atoms with Crippen LogP contribution in [0.5, 0.6) is 5.75 Å². The molecular weight excluding hydrogens is 380 g/mol. The standard InChI is InChI=1S/C23H30N4O3/c1-16-19(23(29)27-12-6-5-9-21(27)24-16)15-26-13-10-17(11-14-26)22(25-30-2)18-7-3-4-8-20(18)28/h3-4,7-8,17,28H,5-6,9-15H2,1-2H3/b25-22+. The molecule has 1 aromatic heterocycles. The van der Waals surface area contributed by atoms with Crippen molar-refractivity contribution in [2.24, 2.45) is 11.1 Å². The number of oxime groups is 1. The third kappa shape index (κ3) is 4.12. The van der Waals surface area contributed by atoms with Crippen molar-refractivity contribution in [3.8, 4) is 5.75 Å². The van der Waals surface area contributed by atoms with E-state index >= 15 is 0 Å². The summed E-state index contributed by atoms with van der Waals surface area (Å²) in [4.78, 5) is 25.2. The van der Waals surface area contributed by atoms with E-state index in [1.807, 2.05) is 23.6 Å². The van der Waals surface area contributed by atoms with E-state index in [1.54, 1.807) is 12.1 Å². The van der Waals surface area contributed by atoms with Crippen molar-refractivity contribution in [2.45, 2.75) is 52.1 Å². The molecule has 4 rings (SSSR count). The Balaban J connectivity index is 1.47. The molecule has 7 nitrogen and oxygen atoms in total. The van der Waals surface area contributed by atoms with Gasteiger partial charge in [-0.2, -0.15) is 0 Å². The fourth-order valence-electron chi connectivity index (χ4n) is 4.63.